The molecule has 1 atom stereocenters. The molecule has 0 saturated carbocycles. The lowest BCUT2D eigenvalue weighted by atomic mass is 10.4. The molecular weight excluding hydrogens is 176 g/mol. The fourth-order valence-electron chi connectivity index (χ4n) is 0.116. The van der Waals surface area contributed by atoms with E-state index in [-0.39, 0.29) is 6.08 Å². The molecule has 0 aliphatic rings. The van der Waals surface area contributed by atoms with Crippen LogP contribution in [0.5, 0.6) is 0 Å². The number of halogens is 5. The van der Waals surface area contributed by atoms with E-state index in [1.54, 1.807) is 0 Å². The van der Waals surface area contributed by atoms with E-state index in [4.69, 9.17) is 0 Å². The summed E-state index contributed by atoms with van der Waals surface area (Å²) in [7, 11) is 0. The molecule has 0 aromatic rings. The molecule has 0 unspecified atom stereocenters. The fourth-order valence-corrected chi connectivity index (χ4v) is 0.193. The van der Waals surface area contributed by atoms with Crippen molar-refractivity contribution in [3.8, 4) is 0 Å². The zero-order valence-electron chi connectivity index (χ0n) is 4.17. The maximum Gasteiger partial charge on any atom is 0.372 e. The minimum absolute atomic E-state index is 0.238. The van der Waals surface area contributed by atoms with Gasteiger partial charge in [0.2, 0.25) is 0 Å². The highest BCUT2D eigenvalue weighted by molar-refractivity contribution is 6.33. The van der Waals surface area contributed by atoms with Crippen LogP contribution in [-0.4, -0.2) is 10.5 Å². The van der Waals surface area contributed by atoms with E-state index >= 15 is 0 Å². The summed E-state index contributed by atoms with van der Waals surface area (Å²) in [6, 6.07) is 0. The molecule has 0 aromatic carbocycles. The van der Waals surface area contributed by atoms with E-state index in [2.05, 4.69) is 29.8 Å². The van der Waals surface area contributed by atoms with Gasteiger partial charge in [0.05, 0.1) is 0 Å². The van der Waals surface area contributed by atoms with Crippen molar-refractivity contribution >= 4 is 23.2 Å². The molecule has 0 N–H and O–H groups in total. The third kappa shape index (κ3) is 2.06. The van der Waals surface area contributed by atoms with Gasteiger partial charge in [-0.1, -0.05) is 18.2 Å². The van der Waals surface area contributed by atoms with E-state index in [1.165, 1.54) is 0 Å². The molecule has 0 aliphatic carbocycles. The van der Waals surface area contributed by atoms with Crippen molar-refractivity contribution in [1.82, 2.24) is 0 Å². The van der Waals surface area contributed by atoms with Gasteiger partial charge in [-0.05, 0) is 17.7 Å². The van der Waals surface area contributed by atoms with Crippen LogP contribution in [0.25, 0.3) is 0 Å². The standard InChI is InChI=1S/C4H3Cl2F3/c1-2-3(5,7)4(6,8)9/h2H,1H2/t3-/m1/s1. The zero-order chi connectivity index (χ0) is 7.71. The second-order valence-corrected chi connectivity index (χ2v) is 2.35. The minimum atomic E-state index is -4.10. The molecule has 0 bridgehead atoms. The predicted molar refractivity (Wildman–Crippen MR) is 30.7 cm³/mol. The molecule has 0 aromatic heterocycles. The van der Waals surface area contributed by atoms with Gasteiger partial charge < -0.3 is 0 Å². The van der Waals surface area contributed by atoms with Crippen LogP contribution < -0.4 is 0 Å². The summed E-state index contributed by atoms with van der Waals surface area (Å²) in [5.41, 5.74) is 0. The molecule has 0 amide bonds. The van der Waals surface area contributed by atoms with E-state index in [0.717, 1.165) is 0 Å². The summed E-state index contributed by atoms with van der Waals surface area (Å²) < 4.78 is 35.5. The summed E-state index contributed by atoms with van der Waals surface area (Å²) in [6.07, 6.45) is 0.238. The quantitative estimate of drug-likeness (QED) is 0.451. The average Bonchev–Trinajstić information content (AvgIpc) is 1.64. The Morgan fingerprint density at radius 3 is 1.56 bits per heavy atom. The topological polar surface area (TPSA) is 0 Å². The smallest absolute Gasteiger partial charge is 0.213 e. The molecule has 9 heavy (non-hydrogen) atoms. The molecular formula is C4H3Cl2F3. The monoisotopic (exact) mass is 178 g/mol. The first-order chi connectivity index (χ1) is 3.81. The van der Waals surface area contributed by atoms with Crippen LogP contribution in [0.15, 0.2) is 12.7 Å². The van der Waals surface area contributed by atoms with Crippen LogP contribution >= 0.6 is 23.2 Å². The lowest BCUT2D eigenvalue weighted by Crippen LogP contribution is -2.31. The molecule has 0 fully saturated rings. The highest BCUT2D eigenvalue weighted by Crippen LogP contribution is 2.40. The molecule has 0 rings (SSSR count). The van der Waals surface area contributed by atoms with Gasteiger partial charge in [-0.3, -0.25) is 0 Å². The van der Waals surface area contributed by atoms with Crippen molar-refractivity contribution in [2.45, 2.75) is 10.5 Å². The first-order valence-corrected chi connectivity index (χ1v) is 2.65. The van der Waals surface area contributed by atoms with E-state index in [9.17, 15) is 13.2 Å². The van der Waals surface area contributed by atoms with Gasteiger partial charge in [0.15, 0.2) is 0 Å². The lowest BCUT2D eigenvalue weighted by Gasteiger charge is -2.17. The Labute approximate surface area is 60.2 Å². The van der Waals surface area contributed by atoms with Crippen LogP contribution in [0, 0.1) is 0 Å². The van der Waals surface area contributed by atoms with Crippen molar-refractivity contribution in [1.29, 1.82) is 0 Å². The Bertz CT molecular complexity index is 115. The zero-order valence-corrected chi connectivity index (χ0v) is 5.69. The molecule has 0 spiro atoms. The van der Waals surface area contributed by atoms with Gasteiger partial charge in [0.1, 0.15) is 0 Å². The van der Waals surface area contributed by atoms with Gasteiger partial charge in [-0.2, -0.15) is 8.78 Å². The Morgan fingerprint density at radius 2 is 1.56 bits per heavy atom. The van der Waals surface area contributed by atoms with Gasteiger partial charge >= 0.3 is 5.38 Å². The van der Waals surface area contributed by atoms with Crippen molar-refractivity contribution in [2.75, 3.05) is 0 Å². The van der Waals surface area contributed by atoms with Gasteiger partial charge in [0, 0.05) is 0 Å². The highest BCUT2D eigenvalue weighted by atomic mass is 35.5. The Hall–Kier alpha value is 0.110. The lowest BCUT2D eigenvalue weighted by molar-refractivity contribution is 0.00647. The first-order valence-electron chi connectivity index (χ1n) is 1.89. The third-order valence-corrected chi connectivity index (χ3v) is 1.40. The molecule has 0 radical (unpaired) electrons. The molecule has 0 nitrogen and oxygen atoms in total. The minimum Gasteiger partial charge on any atom is -0.213 e. The average molecular weight is 179 g/mol. The van der Waals surface area contributed by atoms with Crippen LogP contribution in [0.2, 0.25) is 0 Å². The number of allylic oxidation sites excluding steroid dienone is 1. The SMILES string of the molecule is C=C[C@](F)(Cl)C(F)(F)Cl. The largest absolute Gasteiger partial charge is 0.372 e. The van der Waals surface area contributed by atoms with E-state index < -0.39 is 10.5 Å². The molecule has 0 saturated heterocycles. The normalized spacial score (nSPS) is 18.8. The Morgan fingerprint density at radius 1 is 1.22 bits per heavy atom. The highest BCUT2D eigenvalue weighted by Gasteiger charge is 2.50. The van der Waals surface area contributed by atoms with E-state index in [0.29, 0.717) is 0 Å². The fraction of sp³-hybridized carbons (Fsp3) is 0.500. The first kappa shape index (κ1) is 9.11. The Balaban J connectivity index is 4.32. The van der Waals surface area contributed by atoms with Gasteiger partial charge in [-0.15, -0.1) is 0 Å². The van der Waals surface area contributed by atoms with Crippen molar-refractivity contribution in [2.24, 2.45) is 0 Å². The second kappa shape index (κ2) is 2.39. The van der Waals surface area contributed by atoms with Crippen molar-refractivity contribution in [3.05, 3.63) is 12.7 Å². The molecule has 5 heteroatoms. The molecule has 0 heterocycles. The summed E-state index contributed by atoms with van der Waals surface area (Å²) in [4.78, 5) is 0. The van der Waals surface area contributed by atoms with E-state index in [1.807, 2.05) is 0 Å². The maximum absolute atomic E-state index is 12.1. The summed E-state index contributed by atoms with van der Waals surface area (Å²) in [5, 5.41) is -7.45. The van der Waals surface area contributed by atoms with Crippen molar-refractivity contribution < 1.29 is 13.2 Å². The number of hydrogen-bond donors (Lipinski definition) is 0. The number of alkyl halides is 5. The van der Waals surface area contributed by atoms with Crippen LogP contribution in [-0.2, 0) is 0 Å². The van der Waals surface area contributed by atoms with Crippen molar-refractivity contribution in [3.63, 3.8) is 0 Å². The van der Waals surface area contributed by atoms with Crippen LogP contribution in [0.3, 0.4) is 0 Å². The Kier molecular flexibility index (Phi) is 2.41. The predicted octanol–water partition coefficient (Wildman–Crippen LogP) is 2.91. The molecule has 0 aliphatic heterocycles. The summed E-state index contributed by atoms with van der Waals surface area (Å²) in [6.45, 7) is 2.73. The third-order valence-electron chi connectivity index (χ3n) is 0.634. The second-order valence-electron chi connectivity index (χ2n) is 1.32. The molecule has 54 valence electrons. The summed E-state index contributed by atoms with van der Waals surface area (Å²) in [5.74, 6) is 0. The number of rotatable bonds is 2. The van der Waals surface area contributed by atoms with Gasteiger partial charge in [0.25, 0.3) is 5.13 Å². The van der Waals surface area contributed by atoms with Gasteiger partial charge in [-0.25, -0.2) is 4.39 Å². The number of hydrogen-bond acceptors (Lipinski definition) is 0. The summed E-state index contributed by atoms with van der Waals surface area (Å²) >= 11 is 8.74. The van der Waals surface area contributed by atoms with Crippen LogP contribution in [0.1, 0.15) is 0 Å². The maximum atomic E-state index is 12.1. The van der Waals surface area contributed by atoms with Crippen LogP contribution in [0.4, 0.5) is 13.2 Å².